The Morgan fingerprint density at radius 2 is 2.28 bits per heavy atom. The van der Waals surface area contributed by atoms with Crippen LogP contribution in [0, 0.1) is 0 Å². The lowest BCUT2D eigenvalue weighted by atomic mass is 10.2. The number of benzene rings is 1. The average Bonchev–Trinajstić information content (AvgIpc) is 2.79. The van der Waals surface area contributed by atoms with Gasteiger partial charge >= 0.3 is 0 Å². The Kier molecular flexibility index (Phi) is 5.39. The van der Waals surface area contributed by atoms with Crippen molar-refractivity contribution in [1.29, 1.82) is 0 Å². The molecule has 1 aliphatic carbocycles. The molecule has 1 fully saturated rings. The molecule has 2 atom stereocenters. The highest BCUT2D eigenvalue weighted by molar-refractivity contribution is 9.10. The lowest BCUT2D eigenvalue weighted by Gasteiger charge is -2.14. The van der Waals surface area contributed by atoms with E-state index in [9.17, 15) is 5.11 Å². The predicted octanol–water partition coefficient (Wildman–Crippen LogP) is 3.92. The summed E-state index contributed by atoms with van der Waals surface area (Å²) in [4.78, 5) is 0. The van der Waals surface area contributed by atoms with Crippen LogP contribution in [0.1, 0.15) is 31.7 Å². The van der Waals surface area contributed by atoms with E-state index < -0.39 is 0 Å². The molecule has 2 nitrogen and oxygen atoms in total. The van der Waals surface area contributed by atoms with Crippen molar-refractivity contribution in [1.82, 2.24) is 5.32 Å². The topological polar surface area (TPSA) is 32.3 Å². The molecule has 1 aliphatic rings. The van der Waals surface area contributed by atoms with Gasteiger partial charge in [-0.25, -0.2) is 0 Å². The second-order valence-electron chi connectivity index (χ2n) is 4.72. The zero-order valence-corrected chi connectivity index (χ0v) is 13.1. The monoisotopic (exact) mass is 329 g/mol. The molecule has 0 heterocycles. The molecule has 0 saturated heterocycles. The highest BCUT2D eigenvalue weighted by atomic mass is 79.9. The Balaban J connectivity index is 1.83. The Labute approximate surface area is 122 Å². The quantitative estimate of drug-likeness (QED) is 0.858. The number of thioether (sulfide) groups is 1. The minimum Gasteiger partial charge on any atom is -0.506 e. The fourth-order valence-electron chi connectivity index (χ4n) is 2.47. The maximum Gasteiger partial charge on any atom is 0.134 e. The largest absolute Gasteiger partial charge is 0.506 e. The van der Waals surface area contributed by atoms with Crippen molar-refractivity contribution in [2.45, 2.75) is 44.0 Å². The summed E-state index contributed by atoms with van der Waals surface area (Å²) in [6, 6.07) is 6.40. The fourth-order valence-corrected chi connectivity index (χ4v) is 4.02. The third-order valence-corrected chi connectivity index (χ3v) is 5.31. The van der Waals surface area contributed by atoms with E-state index in [0.717, 1.165) is 21.8 Å². The number of phenols is 1. The van der Waals surface area contributed by atoms with Crippen LogP contribution in [0.5, 0.6) is 5.75 Å². The smallest absolute Gasteiger partial charge is 0.134 e. The summed E-state index contributed by atoms with van der Waals surface area (Å²) in [6.45, 7) is 2.98. The van der Waals surface area contributed by atoms with Gasteiger partial charge in [-0.3, -0.25) is 0 Å². The van der Waals surface area contributed by atoms with Gasteiger partial charge in [-0.05, 0) is 47.0 Å². The third-order valence-electron chi connectivity index (χ3n) is 3.44. The highest BCUT2D eigenvalue weighted by Gasteiger charge is 2.24. The molecular formula is C14H20BrNOS. The van der Waals surface area contributed by atoms with E-state index in [-0.39, 0.29) is 0 Å². The van der Waals surface area contributed by atoms with Crippen LogP contribution < -0.4 is 5.32 Å². The number of phenolic OH excluding ortho intramolecular Hbond substituents is 1. The van der Waals surface area contributed by atoms with Gasteiger partial charge in [-0.1, -0.05) is 19.1 Å². The first-order valence-corrected chi connectivity index (χ1v) is 8.36. The van der Waals surface area contributed by atoms with E-state index in [4.69, 9.17) is 0 Å². The molecule has 1 aromatic carbocycles. The number of rotatable bonds is 5. The van der Waals surface area contributed by atoms with Crippen LogP contribution in [0.4, 0.5) is 0 Å². The van der Waals surface area contributed by atoms with E-state index in [2.05, 4.69) is 39.9 Å². The molecule has 1 saturated carbocycles. The van der Waals surface area contributed by atoms with Gasteiger partial charge in [0, 0.05) is 23.4 Å². The summed E-state index contributed by atoms with van der Waals surface area (Å²) >= 11 is 5.42. The van der Waals surface area contributed by atoms with Gasteiger partial charge in [0.2, 0.25) is 0 Å². The molecule has 18 heavy (non-hydrogen) atoms. The molecule has 0 aliphatic heterocycles. The number of aromatic hydroxyl groups is 1. The van der Waals surface area contributed by atoms with Gasteiger partial charge in [0.1, 0.15) is 5.75 Å². The summed E-state index contributed by atoms with van der Waals surface area (Å²) in [5.41, 5.74) is 0.968. The number of halogens is 1. The highest BCUT2D eigenvalue weighted by Crippen LogP contribution is 2.31. The van der Waals surface area contributed by atoms with E-state index in [1.807, 2.05) is 18.2 Å². The lowest BCUT2D eigenvalue weighted by molar-refractivity contribution is 0.453. The standard InChI is InChI=1S/C14H20BrNOS/c1-2-18-12-7-6-11(8-12)16-9-10-4-3-5-13(15)14(10)17/h3-5,11-12,16-17H,2,6-9H2,1H3. The zero-order chi connectivity index (χ0) is 13.0. The molecule has 2 N–H and O–H groups in total. The second kappa shape index (κ2) is 6.83. The van der Waals surface area contributed by atoms with Crippen LogP contribution in [0.15, 0.2) is 22.7 Å². The number of para-hydroxylation sites is 1. The second-order valence-corrected chi connectivity index (χ2v) is 7.15. The first-order valence-electron chi connectivity index (χ1n) is 6.52. The summed E-state index contributed by atoms with van der Waals surface area (Å²) in [5.74, 6) is 1.58. The average molecular weight is 330 g/mol. The Bertz CT molecular complexity index is 399. The van der Waals surface area contributed by atoms with Gasteiger partial charge in [0.15, 0.2) is 0 Å². The van der Waals surface area contributed by atoms with Gasteiger partial charge in [0.05, 0.1) is 4.47 Å². The van der Waals surface area contributed by atoms with Crippen LogP contribution in [-0.4, -0.2) is 22.2 Å². The first-order chi connectivity index (χ1) is 8.70. The number of hydrogen-bond donors (Lipinski definition) is 2. The minimum absolute atomic E-state index is 0.363. The molecule has 0 bridgehead atoms. The van der Waals surface area contributed by atoms with Gasteiger partial charge in [-0.15, -0.1) is 0 Å². The number of nitrogens with one attached hydrogen (secondary N) is 1. The van der Waals surface area contributed by atoms with Crippen molar-refractivity contribution in [3.8, 4) is 5.75 Å². The van der Waals surface area contributed by atoms with Crippen LogP contribution in [-0.2, 0) is 6.54 Å². The van der Waals surface area contributed by atoms with Crippen LogP contribution in [0.2, 0.25) is 0 Å². The van der Waals surface area contributed by atoms with Gasteiger partial charge < -0.3 is 10.4 Å². The maximum absolute atomic E-state index is 9.92. The molecule has 2 unspecified atom stereocenters. The summed E-state index contributed by atoms with van der Waals surface area (Å²) in [6.07, 6.45) is 3.83. The Morgan fingerprint density at radius 1 is 1.44 bits per heavy atom. The molecule has 0 aromatic heterocycles. The lowest BCUT2D eigenvalue weighted by Crippen LogP contribution is -2.26. The van der Waals surface area contributed by atoms with Crippen molar-refractivity contribution >= 4 is 27.7 Å². The zero-order valence-electron chi connectivity index (χ0n) is 10.7. The van der Waals surface area contributed by atoms with Crippen LogP contribution in [0.25, 0.3) is 0 Å². The predicted molar refractivity (Wildman–Crippen MR) is 82.2 cm³/mol. The van der Waals surface area contributed by atoms with E-state index in [0.29, 0.717) is 11.8 Å². The molecule has 0 radical (unpaired) electrons. The molecule has 4 heteroatoms. The summed E-state index contributed by atoms with van der Waals surface area (Å²) in [7, 11) is 0. The Morgan fingerprint density at radius 3 is 3.06 bits per heavy atom. The fraction of sp³-hybridized carbons (Fsp3) is 0.571. The molecule has 0 spiro atoms. The summed E-state index contributed by atoms with van der Waals surface area (Å²) < 4.78 is 0.771. The van der Waals surface area contributed by atoms with Crippen molar-refractivity contribution < 1.29 is 5.11 Å². The van der Waals surface area contributed by atoms with Crippen molar-refractivity contribution in [2.24, 2.45) is 0 Å². The minimum atomic E-state index is 0.363. The van der Waals surface area contributed by atoms with Gasteiger partial charge in [0.25, 0.3) is 0 Å². The van der Waals surface area contributed by atoms with E-state index in [1.54, 1.807) is 0 Å². The molecule has 1 aromatic rings. The van der Waals surface area contributed by atoms with Crippen LogP contribution in [0.3, 0.4) is 0 Å². The van der Waals surface area contributed by atoms with Gasteiger partial charge in [-0.2, -0.15) is 11.8 Å². The van der Waals surface area contributed by atoms with E-state index in [1.165, 1.54) is 25.0 Å². The summed E-state index contributed by atoms with van der Waals surface area (Å²) in [5, 5.41) is 14.3. The van der Waals surface area contributed by atoms with Crippen molar-refractivity contribution in [3.63, 3.8) is 0 Å². The third kappa shape index (κ3) is 3.65. The number of hydrogen-bond acceptors (Lipinski definition) is 3. The molecule has 100 valence electrons. The first kappa shape index (κ1) is 14.2. The molecular weight excluding hydrogens is 310 g/mol. The van der Waals surface area contributed by atoms with Crippen molar-refractivity contribution in [2.75, 3.05) is 5.75 Å². The maximum atomic E-state index is 9.92. The molecule has 0 amide bonds. The molecule has 2 rings (SSSR count). The SMILES string of the molecule is CCSC1CCC(NCc2cccc(Br)c2O)C1. The normalized spacial score (nSPS) is 23.4. The van der Waals surface area contributed by atoms with E-state index >= 15 is 0 Å². The Hall–Kier alpha value is -0.190. The van der Waals surface area contributed by atoms with Crippen molar-refractivity contribution in [3.05, 3.63) is 28.2 Å². The van der Waals surface area contributed by atoms with Crippen LogP contribution >= 0.6 is 27.7 Å².